The van der Waals surface area contributed by atoms with Crippen LogP contribution in [0.25, 0.3) is 0 Å². The predicted molar refractivity (Wildman–Crippen MR) is 110 cm³/mol. The van der Waals surface area contributed by atoms with Gasteiger partial charge in [0.15, 0.2) is 0 Å². The molecule has 1 aromatic rings. The molecule has 0 bridgehead atoms. The standard InChI is InChI=1S/C23H35FN2O2/c1-5-26-11-8-16(9-12-26)20-14-17(20)10-13-28-18-6-7-19(21(24)15-18)22(27)25-23(2,3)4/h6-7,15-17,20H,5,8-14H2,1-4H3,(H,25,27)/t17-,20-/m1/s1. The Kier molecular flexibility index (Phi) is 6.64. The average Bonchev–Trinajstić information content (AvgIpc) is 3.40. The maximum absolute atomic E-state index is 14.3. The Bertz CT molecular complexity index is 678. The number of carbonyl (C=O) groups is 1. The fourth-order valence-electron chi connectivity index (χ4n) is 4.38. The number of likely N-dealkylation sites (tertiary alicyclic amines) is 1. The molecule has 0 aromatic heterocycles. The van der Waals surface area contributed by atoms with E-state index in [1.54, 1.807) is 6.07 Å². The zero-order valence-corrected chi connectivity index (χ0v) is 17.8. The number of hydrogen-bond donors (Lipinski definition) is 1. The van der Waals surface area contributed by atoms with Crippen molar-refractivity contribution in [2.75, 3.05) is 26.2 Å². The van der Waals surface area contributed by atoms with E-state index >= 15 is 0 Å². The number of amides is 1. The molecular weight excluding hydrogens is 355 g/mol. The van der Waals surface area contributed by atoms with E-state index in [2.05, 4.69) is 17.1 Å². The van der Waals surface area contributed by atoms with Crippen LogP contribution in [0.15, 0.2) is 18.2 Å². The normalized spacial score (nSPS) is 23.5. The van der Waals surface area contributed by atoms with Gasteiger partial charge in [0.05, 0.1) is 12.2 Å². The largest absolute Gasteiger partial charge is 0.493 e. The molecule has 1 amide bonds. The minimum atomic E-state index is -0.536. The number of nitrogens with one attached hydrogen (secondary N) is 1. The quantitative estimate of drug-likeness (QED) is 0.746. The van der Waals surface area contributed by atoms with Gasteiger partial charge in [-0.2, -0.15) is 0 Å². The number of ether oxygens (including phenoxy) is 1. The molecule has 1 aliphatic heterocycles. The first kappa shape index (κ1) is 21.1. The highest BCUT2D eigenvalue weighted by atomic mass is 19.1. The van der Waals surface area contributed by atoms with E-state index in [1.165, 1.54) is 51.0 Å². The van der Waals surface area contributed by atoms with Crippen molar-refractivity contribution < 1.29 is 13.9 Å². The summed E-state index contributed by atoms with van der Waals surface area (Å²) < 4.78 is 20.1. The number of nitrogens with zero attached hydrogens (tertiary/aromatic N) is 1. The van der Waals surface area contributed by atoms with Crippen molar-refractivity contribution in [2.24, 2.45) is 17.8 Å². The first-order chi connectivity index (χ1) is 13.3. The molecule has 1 aromatic carbocycles. The lowest BCUT2D eigenvalue weighted by Crippen LogP contribution is -2.40. The molecule has 0 unspecified atom stereocenters. The lowest BCUT2D eigenvalue weighted by molar-refractivity contribution is 0.0915. The van der Waals surface area contributed by atoms with Gasteiger partial charge >= 0.3 is 0 Å². The second-order valence-electron chi connectivity index (χ2n) is 9.41. The second kappa shape index (κ2) is 8.81. The predicted octanol–water partition coefficient (Wildman–Crippen LogP) is 4.49. The first-order valence-electron chi connectivity index (χ1n) is 10.7. The van der Waals surface area contributed by atoms with Crippen molar-refractivity contribution in [1.82, 2.24) is 10.2 Å². The Hall–Kier alpha value is -1.62. The summed E-state index contributed by atoms with van der Waals surface area (Å²) in [7, 11) is 0. The summed E-state index contributed by atoms with van der Waals surface area (Å²) in [4.78, 5) is 14.7. The molecule has 2 aliphatic rings. The molecule has 28 heavy (non-hydrogen) atoms. The van der Waals surface area contributed by atoms with Crippen molar-refractivity contribution >= 4 is 5.91 Å². The fraction of sp³-hybridized carbons (Fsp3) is 0.696. The van der Waals surface area contributed by atoms with Crippen LogP contribution in [0.1, 0.15) is 63.7 Å². The molecule has 1 saturated heterocycles. The fourth-order valence-corrected chi connectivity index (χ4v) is 4.38. The maximum atomic E-state index is 14.3. The van der Waals surface area contributed by atoms with Gasteiger partial charge in [-0.3, -0.25) is 4.79 Å². The zero-order chi connectivity index (χ0) is 20.3. The highest BCUT2D eigenvalue weighted by Crippen LogP contribution is 2.49. The Morgan fingerprint density at radius 1 is 1.29 bits per heavy atom. The lowest BCUT2D eigenvalue weighted by atomic mass is 9.90. The third kappa shape index (κ3) is 5.69. The van der Waals surface area contributed by atoms with Crippen molar-refractivity contribution in [3.8, 4) is 5.75 Å². The van der Waals surface area contributed by atoms with Crippen molar-refractivity contribution in [2.45, 2.75) is 58.9 Å². The van der Waals surface area contributed by atoms with Crippen LogP contribution in [0.3, 0.4) is 0 Å². The summed E-state index contributed by atoms with van der Waals surface area (Å²) in [5.74, 6) is 2.07. The third-order valence-electron chi connectivity index (χ3n) is 6.09. The van der Waals surface area contributed by atoms with Gasteiger partial charge in [-0.25, -0.2) is 4.39 Å². The van der Waals surface area contributed by atoms with Gasteiger partial charge in [0, 0.05) is 11.6 Å². The highest BCUT2D eigenvalue weighted by Gasteiger charge is 2.42. The number of carbonyl (C=O) groups excluding carboxylic acids is 1. The molecule has 1 saturated carbocycles. The zero-order valence-electron chi connectivity index (χ0n) is 17.8. The summed E-state index contributed by atoms with van der Waals surface area (Å²) in [6.45, 7) is 12.1. The number of piperidine rings is 1. The summed E-state index contributed by atoms with van der Waals surface area (Å²) in [6.07, 6.45) is 5.02. The van der Waals surface area contributed by atoms with Crippen molar-refractivity contribution in [1.29, 1.82) is 0 Å². The van der Waals surface area contributed by atoms with E-state index in [0.717, 1.165) is 24.2 Å². The number of rotatable bonds is 7. The van der Waals surface area contributed by atoms with Gasteiger partial charge in [-0.05, 0) is 96.0 Å². The van der Waals surface area contributed by atoms with Gasteiger partial charge in [0.1, 0.15) is 11.6 Å². The molecule has 5 heteroatoms. The second-order valence-corrected chi connectivity index (χ2v) is 9.41. The van der Waals surface area contributed by atoms with Crippen LogP contribution >= 0.6 is 0 Å². The van der Waals surface area contributed by atoms with Gasteiger partial charge in [-0.1, -0.05) is 6.92 Å². The molecule has 156 valence electrons. The Morgan fingerprint density at radius 2 is 2.00 bits per heavy atom. The van der Waals surface area contributed by atoms with Crippen LogP contribution in [-0.2, 0) is 0 Å². The monoisotopic (exact) mass is 390 g/mol. The van der Waals surface area contributed by atoms with Crippen molar-refractivity contribution in [3.63, 3.8) is 0 Å². The van der Waals surface area contributed by atoms with Crippen LogP contribution < -0.4 is 10.1 Å². The molecule has 2 fully saturated rings. The van der Waals surface area contributed by atoms with Crippen LogP contribution in [0.4, 0.5) is 4.39 Å². The van der Waals surface area contributed by atoms with E-state index in [0.29, 0.717) is 12.4 Å². The number of halogens is 1. The van der Waals surface area contributed by atoms with Crippen LogP contribution in [0, 0.1) is 23.6 Å². The molecule has 4 nitrogen and oxygen atoms in total. The number of hydrogen-bond acceptors (Lipinski definition) is 3. The summed E-state index contributed by atoms with van der Waals surface area (Å²) in [6, 6.07) is 4.51. The minimum absolute atomic E-state index is 0.0583. The highest BCUT2D eigenvalue weighted by molar-refractivity contribution is 5.95. The van der Waals surface area contributed by atoms with E-state index in [1.807, 2.05) is 20.8 Å². The molecule has 2 atom stereocenters. The minimum Gasteiger partial charge on any atom is -0.493 e. The van der Waals surface area contributed by atoms with Crippen LogP contribution in [-0.4, -0.2) is 42.6 Å². The Labute approximate surface area is 168 Å². The smallest absolute Gasteiger partial charge is 0.254 e. The van der Waals surface area contributed by atoms with Crippen LogP contribution in [0.5, 0.6) is 5.75 Å². The molecule has 0 radical (unpaired) electrons. The summed E-state index contributed by atoms with van der Waals surface area (Å²) in [5.41, 5.74) is -0.338. The van der Waals surface area contributed by atoms with Crippen molar-refractivity contribution in [3.05, 3.63) is 29.6 Å². The molecule has 3 rings (SSSR count). The third-order valence-corrected chi connectivity index (χ3v) is 6.09. The topological polar surface area (TPSA) is 41.6 Å². The number of benzene rings is 1. The maximum Gasteiger partial charge on any atom is 0.254 e. The first-order valence-corrected chi connectivity index (χ1v) is 10.7. The Balaban J connectivity index is 1.41. The molecule has 0 spiro atoms. The van der Waals surface area contributed by atoms with E-state index in [-0.39, 0.29) is 5.56 Å². The van der Waals surface area contributed by atoms with E-state index in [9.17, 15) is 9.18 Å². The SMILES string of the molecule is CCN1CCC([C@H]2C[C@H]2CCOc2ccc(C(=O)NC(C)(C)C)c(F)c2)CC1. The van der Waals surface area contributed by atoms with Gasteiger partial charge in [0.25, 0.3) is 5.91 Å². The molecule has 1 N–H and O–H groups in total. The van der Waals surface area contributed by atoms with E-state index in [4.69, 9.17) is 4.74 Å². The molecule has 1 heterocycles. The summed E-state index contributed by atoms with van der Waals surface area (Å²) in [5, 5.41) is 2.78. The van der Waals surface area contributed by atoms with E-state index < -0.39 is 17.3 Å². The van der Waals surface area contributed by atoms with Gasteiger partial charge < -0.3 is 15.0 Å². The lowest BCUT2D eigenvalue weighted by Gasteiger charge is -2.31. The Morgan fingerprint density at radius 3 is 2.61 bits per heavy atom. The molecule has 1 aliphatic carbocycles. The van der Waals surface area contributed by atoms with Gasteiger partial charge in [-0.15, -0.1) is 0 Å². The summed E-state index contributed by atoms with van der Waals surface area (Å²) >= 11 is 0. The molecular formula is C23H35FN2O2. The van der Waals surface area contributed by atoms with Gasteiger partial charge in [0.2, 0.25) is 0 Å². The average molecular weight is 391 g/mol. The van der Waals surface area contributed by atoms with Crippen LogP contribution in [0.2, 0.25) is 0 Å².